The Bertz CT molecular complexity index is 1970. The van der Waals surface area contributed by atoms with Crippen LogP contribution in [0.5, 0.6) is 0 Å². The molecule has 0 unspecified atom stereocenters. The van der Waals surface area contributed by atoms with Crippen LogP contribution in [-0.4, -0.2) is 11.8 Å². The molecule has 0 saturated heterocycles. The van der Waals surface area contributed by atoms with E-state index in [0.29, 0.717) is 22.3 Å². The summed E-state index contributed by atoms with van der Waals surface area (Å²) < 4.78 is 13.1. The van der Waals surface area contributed by atoms with Crippen LogP contribution in [0.3, 0.4) is 0 Å². The topological polar surface area (TPSA) is 72.5 Å². The zero-order chi connectivity index (χ0) is 28.4. The molecular weight excluding hydrogens is 510 g/mol. The van der Waals surface area contributed by atoms with E-state index in [2.05, 4.69) is 92.0 Å². The summed E-state index contributed by atoms with van der Waals surface area (Å²) in [7, 11) is 0. The summed E-state index contributed by atoms with van der Waals surface area (Å²) in [5.41, 5.74) is 11.3. The van der Waals surface area contributed by atoms with Crippen molar-refractivity contribution in [2.45, 2.75) is 27.7 Å². The first-order chi connectivity index (χ1) is 19.7. The van der Waals surface area contributed by atoms with Crippen molar-refractivity contribution in [1.29, 1.82) is 0 Å². The van der Waals surface area contributed by atoms with Crippen LogP contribution >= 0.6 is 0 Å². The molecule has 0 radical (unpaired) electrons. The molecule has 1 aliphatic rings. The van der Waals surface area contributed by atoms with Crippen molar-refractivity contribution in [2.75, 3.05) is 0 Å². The molecule has 1 N–H and O–H groups in total. The average Bonchev–Trinajstić information content (AvgIpc) is 3.22. The van der Waals surface area contributed by atoms with E-state index < -0.39 is 11.8 Å². The van der Waals surface area contributed by atoms with Crippen molar-refractivity contribution in [3.8, 4) is 22.3 Å². The summed E-state index contributed by atoms with van der Waals surface area (Å²) >= 11 is 0. The molecule has 0 atom stereocenters. The maximum absolute atomic E-state index is 12.5. The minimum Gasteiger partial charge on any atom is -0.452 e. The van der Waals surface area contributed by atoms with Crippen molar-refractivity contribution >= 4 is 44.9 Å². The second-order valence-corrected chi connectivity index (χ2v) is 10.9. The molecule has 6 aromatic rings. The lowest BCUT2D eigenvalue weighted by Gasteiger charge is -2.12. The highest BCUT2D eigenvalue weighted by Gasteiger charge is 2.28. The van der Waals surface area contributed by atoms with Gasteiger partial charge in [-0.2, -0.15) is 0 Å². The van der Waals surface area contributed by atoms with E-state index in [9.17, 15) is 9.59 Å². The standard InChI is InChI=1S/C36H27NO4/c1-19-5-9-23(10-6-19)25-13-21(3)33-27(15-25)28-16-26(24-11-7-20(2)8-12-24)14-22(4)34(28)41-32-18-30-29(17-31(32)40-33)35(38)37-36(30)39/h5-18H,1-4H3,(H,37,38,39). The highest BCUT2D eigenvalue weighted by molar-refractivity contribution is 6.22. The Hall–Kier alpha value is -5.16. The van der Waals surface area contributed by atoms with E-state index in [1.807, 2.05) is 13.8 Å². The van der Waals surface area contributed by atoms with Crippen molar-refractivity contribution in [2.24, 2.45) is 0 Å². The van der Waals surface area contributed by atoms with Gasteiger partial charge in [0.05, 0.1) is 11.1 Å². The molecule has 0 fully saturated rings. The van der Waals surface area contributed by atoms with Gasteiger partial charge in [0.2, 0.25) is 0 Å². The van der Waals surface area contributed by atoms with Gasteiger partial charge in [-0.3, -0.25) is 14.9 Å². The molecule has 2 amide bonds. The molecule has 5 nitrogen and oxygen atoms in total. The number of benzene rings is 5. The highest BCUT2D eigenvalue weighted by Crippen LogP contribution is 2.37. The lowest BCUT2D eigenvalue weighted by Crippen LogP contribution is -2.19. The van der Waals surface area contributed by atoms with E-state index >= 15 is 0 Å². The molecule has 1 aromatic heterocycles. The van der Waals surface area contributed by atoms with Gasteiger partial charge in [-0.25, -0.2) is 0 Å². The number of aryl methyl sites for hydroxylation is 4. The van der Waals surface area contributed by atoms with Gasteiger partial charge in [0.15, 0.2) is 11.2 Å². The van der Waals surface area contributed by atoms with Gasteiger partial charge in [-0.1, -0.05) is 59.7 Å². The normalized spacial score (nSPS) is 12.7. The van der Waals surface area contributed by atoms with Crippen LogP contribution < -0.4 is 5.32 Å². The monoisotopic (exact) mass is 537 g/mol. The van der Waals surface area contributed by atoms with Crippen LogP contribution in [0.15, 0.2) is 93.8 Å². The van der Waals surface area contributed by atoms with E-state index in [-0.39, 0.29) is 11.1 Å². The van der Waals surface area contributed by atoms with Crippen molar-refractivity contribution < 1.29 is 18.4 Å². The maximum atomic E-state index is 12.5. The lowest BCUT2D eigenvalue weighted by molar-refractivity contribution is 0.0879. The first kappa shape index (κ1) is 24.9. The number of imide groups is 1. The smallest absolute Gasteiger partial charge is 0.259 e. The highest BCUT2D eigenvalue weighted by atomic mass is 16.4. The molecule has 0 aliphatic carbocycles. The third-order valence-electron chi connectivity index (χ3n) is 7.83. The molecule has 1 aliphatic heterocycles. The van der Waals surface area contributed by atoms with Crippen molar-refractivity contribution in [1.82, 2.24) is 5.32 Å². The van der Waals surface area contributed by atoms with E-state index in [1.54, 1.807) is 12.1 Å². The van der Waals surface area contributed by atoms with E-state index in [1.165, 1.54) is 11.1 Å². The van der Waals surface area contributed by atoms with Crippen LogP contribution in [0.25, 0.3) is 55.4 Å². The first-order valence-corrected chi connectivity index (χ1v) is 13.6. The van der Waals surface area contributed by atoms with Crippen LogP contribution in [-0.2, 0) is 0 Å². The van der Waals surface area contributed by atoms with Gasteiger partial charge in [0, 0.05) is 10.8 Å². The SMILES string of the molecule is Cc1ccc(-c2cc(C)c3oc4cc5c(cc4oc4c(C)cc(-c6ccc(C)cc6)cc4c3c2)C(=O)NC5=O)cc1. The van der Waals surface area contributed by atoms with Crippen LogP contribution in [0.1, 0.15) is 43.0 Å². The maximum Gasteiger partial charge on any atom is 0.259 e. The number of rotatable bonds is 2. The Morgan fingerprint density at radius 3 is 1.27 bits per heavy atom. The van der Waals surface area contributed by atoms with Crippen molar-refractivity contribution in [3.05, 3.63) is 118 Å². The number of fused-ring (bicyclic) bond motifs is 5. The largest absolute Gasteiger partial charge is 0.452 e. The molecule has 200 valence electrons. The minimum atomic E-state index is -0.440. The number of carbonyl (C=O) groups excluding carboxylic acids is 2. The second-order valence-electron chi connectivity index (χ2n) is 10.9. The molecule has 41 heavy (non-hydrogen) atoms. The zero-order valence-corrected chi connectivity index (χ0v) is 23.2. The lowest BCUT2D eigenvalue weighted by atomic mass is 9.95. The Morgan fingerprint density at radius 1 is 0.488 bits per heavy atom. The summed E-state index contributed by atoms with van der Waals surface area (Å²) in [6.07, 6.45) is 0. The molecular formula is C36H27NO4. The fraction of sp³-hybridized carbons (Fsp3) is 0.111. The fourth-order valence-corrected chi connectivity index (χ4v) is 5.60. The zero-order valence-electron chi connectivity index (χ0n) is 23.2. The molecule has 5 heteroatoms. The molecule has 0 bridgehead atoms. The summed E-state index contributed by atoms with van der Waals surface area (Å²) in [5.74, 6) is -0.881. The van der Waals surface area contributed by atoms with Gasteiger partial charge in [-0.15, -0.1) is 0 Å². The Balaban J connectivity index is 1.64. The Labute approximate surface area is 236 Å². The second kappa shape index (κ2) is 9.20. The molecule has 7 rings (SSSR count). The average molecular weight is 538 g/mol. The molecule has 5 aromatic carbocycles. The van der Waals surface area contributed by atoms with Gasteiger partial charge in [0.1, 0.15) is 11.2 Å². The summed E-state index contributed by atoms with van der Waals surface area (Å²) in [4.78, 5) is 24.9. The molecule has 0 saturated carbocycles. The van der Waals surface area contributed by atoms with Crippen molar-refractivity contribution in [3.63, 3.8) is 0 Å². The van der Waals surface area contributed by atoms with Gasteiger partial charge in [0.25, 0.3) is 11.8 Å². The number of hydrogen-bond acceptors (Lipinski definition) is 4. The van der Waals surface area contributed by atoms with Gasteiger partial charge in [-0.05, 0) is 97.5 Å². The first-order valence-electron chi connectivity index (χ1n) is 13.6. The van der Waals surface area contributed by atoms with Crippen LogP contribution in [0.2, 0.25) is 0 Å². The molecule has 0 spiro atoms. The summed E-state index contributed by atoms with van der Waals surface area (Å²) in [6.45, 7) is 8.21. The minimum absolute atomic E-state index is 0.278. The molecule has 2 heterocycles. The number of hydrogen-bond donors (Lipinski definition) is 1. The Morgan fingerprint density at radius 2 is 0.878 bits per heavy atom. The summed E-state index contributed by atoms with van der Waals surface area (Å²) in [5, 5.41) is 4.14. The van der Waals surface area contributed by atoms with E-state index in [4.69, 9.17) is 8.83 Å². The van der Waals surface area contributed by atoms with Gasteiger partial charge >= 0.3 is 0 Å². The number of amides is 2. The summed E-state index contributed by atoms with van der Waals surface area (Å²) in [6, 6.07) is 28.7. The fourth-order valence-electron chi connectivity index (χ4n) is 5.60. The van der Waals surface area contributed by atoms with Gasteiger partial charge < -0.3 is 8.83 Å². The Kier molecular flexibility index (Phi) is 5.58. The third kappa shape index (κ3) is 4.18. The number of nitrogens with one attached hydrogen (secondary N) is 1. The predicted molar refractivity (Wildman–Crippen MR) is 163 cm³/mol. The van der Waals surface area contributed by atoms with Crippen LogP contribution in [0.4, 0.5) is 0 Å². The predicted octanol–water partition coefficient (Wildman–Crippen LogP) is 8.91. The van der Waals surface area contributed by atoms with Crippen LogP contribution in [0, 0.1) is 27.7 Å². The number of carbonyl (C=O) groups is 2. The van der Waals surface area contributed by atoms with E-state index in [0.717, 1.165) is 44.2 Å². The quantitative estimate of drug-likeness (QED) is 0.224. The third-order valence-corrected chi connectivity index (χ3v) is 7.83.